The Morgan fingerprint density at radius 1 is 1.39 bits per heavy atom. The Bertz CT molecular complexity index is 367. The summed E-state index contributed by atoms with van der Waals surface area (Å²) < 4.78 is 4.55. The van der Waals surface area contributed by atoms with Gasteiger partial charge >= 0.3 is 5.97 Å². The molecule has 1 rings (SSSR count). The summed E-state index contributed by atoms with van der Waals surface area (Å²) in [5, 5.41) is 29.2. The number of rotatable bonds is 3. The molecule has 0 unspecified atom stereocenters. The van der Waals surface area contributed by atoms with Crippen LogP contribution >= 0.6 is 11.3 Å². The van der Waals surface area contributed by atoms with Crippen molar-refractivity contribution in [3.05, 3.63) is 11.1 Å². The molecule has 104 valence electrons. The highest BCUT2D eigenvalue weighted by Crippen LogP contribution is 2.24. The molecule has 1 aromatic rings. The van der Waals surface area contributed by atoms with Gasteiger partial charge in [0.15, 0.2) is 5.13 Å². The first-order chi connectivity index (χ1) is 8.10. The van der Waals surface area contributed by atoms with E-state index in [2.05, 4.69) is 15.0 Å². The zero-order valence-corrected chi connectivity index (χ0v) is 11.5. The van der Waals surface area contributed by atoms with Gasteiger partial charge in [-0.2, -0.15) is 0 Å². The quantitative estimate of drug-likeness (QED) is 0.462. The van der Waals surface area contributed by atoms with Crippen molar-refractivity contribution in [2.45, 2.75) is 32.3 Å². The number of carbonyl (C=O) groups is 1. The molecule has 1 heterocycles. The van der Waals surface area contributed by atoms with E-state index in [-0.39, 0.29) is 10.5 Å². The lowest BCUT2D eigenvalue weighted by Gasteiger charge is -2.14. The first-order valence-corrected chi connectivity index (χ1v) is 5.84. The lowest BCUT2D eigenvalue weighted by Crippen LogP contribution is -2.21. The molecule has 0 saturated carbocycles. The Morgan fingerprint density at radius 2 is 1.94 bits per heavy atom. The summed E-state index contributed by atoms with van der Waals surface area (Å²) in [6.45, 7) is 5.92. The van der Waals surface area contributed by atoms with Crippen molar-refractivity contribution < 1.29 is 24.9 Å². The molecular weight excluding hydrogens is 260 g/mol. The van der Waals surface area contributed by atoms with Gasteiger partial charge in [0.2, 0.25) is 0 Å². The maximum atomic E-state index is 9.60. The van der Waals surface area contributed by atoms with Crippen LogP contribution in [0.25, 0.3) is 0 Å². The number of nitrogens with zero attached hydrogens (tertiary/aromatic N) is 1. The van der Waals surface area contributed by atoms with E-state index in [1.165, 1.54) is 6.20 Å². The van der Waals surface area contributed by atoms with Crippen LogP contribution in [-0.4, -0.2) is 39.4 Å². The fraction of sp³-hybridized carbons (Fsp3) is 0.600. The number of anilines is 1. The standard InChI is InChI=1S/C5H8N2O3S.C5H10O2/c1-6-4-7-2-3(11-4)5(8,9)10;1-5(2,3)7-4-6/h2,8-10H,1H3,(H,6,7);4H,1-3H3. The number of hydrogen-bond donors (Lipinski definition) is 4. The van der Waals surface area contributed by atoms with Crippen molar-refractivity contribution >= 4 is 22.9 Å². The number of nitrogens with one attached hydrogen (secondary N) is 1. The predicted octanol–water partition coefficient (Wildman–Crippen LogP) is 0.230. The van der Waals surface area contributed by atoms with Crippen molar-refractivity contribution in [3.63, 3.8) is 0 Å². The van der Waals surface area contributed by atoms with E-state index in [9.17, 15) is 4.79 Å². The van der Waals surface area contributed by atoms with Gasteiger partial charge in [-0.05, 0) is 20.8 Å². The van der Waals surface area contributed by atoms with Crippen LogP contribution in [0, 0.1) is 0 Å². The maximum Gasteiger partial charge on any atom is 0.315 e. The van der Waals surface area contributed by atoms with Gasteiger partial charge in [-0.15, -0.1) is 0 Å². The molecular formula is C10H18N2O5S. The van der Waals surface area contributed by atoms with Crippen molar-refractivity contribution in [1.82, 2.24) is 4.98 Å². The SMILES string of the molecule is CC(C)(C)OC=O.CNc1ncc(C(O)(O)O)s1. The van der Waals surface area contributed by atoms with Crippen LogP contribution < -0.4 is 5.32 Å². The Balaban J connectivity index is 0.000000360. The number of thiazole rings is 1. The number of ether oxygens (including phenoxy) is 1. The molecule has 8 heteroatoms. The number of aliphatic hydroxyl groups is 3. The zero-order valence-electron chi connectivity index (χ0n) is 10.7. The third kappa shape index (κ3) is 7.17. The van der Waals surface area contributed by atoms with Gasteiger partial charge in [0.25, 0.3) is 6.47 Å². The van der Waals surface area contributed by atoms with Crippen LogP contribution in [0.3, 0.4) is 0 Å². The fourth-order valence-electron chi connectivity index (χ4n) is 0.689. The molecule has 0 fully saturated rings. The monoisotopic (exact) mass is 278 g/mol. The lowest BCUT2D eigenvalue weighted by molar-refractivity contribution is -0.321. The van der Waals surface area contributed by atoms with Gasteiger partial charge in [0, 0.05) is 7.05 Å². The van der Waals surface area contributed by atoms with E-state index in [0.29, 0.717) is 11.6 Å². The summed E-state index contributed by atoms with van der Waals surface area (Å²) in [5.74, 6) is -2.77. The van der Waals surface area contributed by atoms with E-state index in [1.807, 2.05) is 20.8 Å². The molecule has 0 aliphatic rings. The Labute approximate surface area is 109 Å². The van der Waals surface area contributed by atoms with E-state index >= 15 is 0 Å². The topological polar surface area (TPSA) is 112 Å². The van der Waals surface area contributed by atoms with Gasteiger partial charge in [0.1, 0.15) is 10.5 Å². The molecule has 18 heavy (non-hydrogen) atoms. The molecule has 4 N–H and O–H groups in total. The molecule has 0 aliphatic heterocycles. The molecule has 0 spiro atoms. The van der Waals surface area contributed by atoms with E-state index < -0.39 is 5.97 Å². The minimum atomic E-state index is -2.77. The molecule has 0 aliphatic carbocycles. The lowest BCUT2D eigenvalue weighted by atomic mass is 10.2. The van der Waals surface area contributed by atoms with Crippen LogP contribution in [0.4, 0.5) is 5.13 Å². The van der Waals surface area contributed by atoms with Crippen molar-refractivity contribution in [2.75, 3.05) is 12.4 Å². The molecule has 0 radical (unpaired) electrons. The molecule has 0 saturated heterocycles. The fourth-order valence-corrected chi connectivity index (χ4v) is 1.35. The normalized spacial score (nSPS) is 11.3. The third-order valence-electron chi connectivity index (χ3n) is 1.45. The Morgan fingerprint density at radius 3 is 2.11 bits per heavy atom. The maximum absolute atomic E-state index is 9.60. The summed E-state index contributed by atoms with van der Waals surface area (Å²) in [4.78, 5) is 13.3. The molecule has 1 aromatic heterocycles. The average Bonchev–Trinajstić information content (AvgIpc) is 2.63. The highest BCUT2D eigenvalue weighted by atomic mass is 32.1. The summed E-state index contributed by atoms with van der Waals surface area (Å²) >= 11 is 0.968. The van der Waals surface area contributed by atoms with Crippen molar-refractivity contribution in [1.29, 1.82) is 0 Å². The largest absolute Gasteiger partial charge is 0.462 e. The summed E-state index contributed by atoms with van der Waals surface area (Å²) in [7, 11) is 1.65. The van der Waals surface area contributed by atoms with Crippen LogP contribution in [0.2, 0.25) is 0 Å². The summed E-state index contributed by atoms with van der Waals surface area (Å²) in [6.07, 6.45) is 1.19. The van der Waals surface area contributed by atoms with E-state index in [1.54, 1.807) is 7.05 Å². The minimum Gasteiger partial charge on any atom is -0.462 e. The van der Waals surface area contributed by atoms with Gasteiger partial charge in [-0.3, -0.25) is 4.79 Å². The van der Waals surface area contributed by atoms with Crippen molar-refractivity contribution in [2.24, 2.45) is 0 Å². The van der Waals surface area contributed by atoms with Crippen LogP contribution in [0.1, 0.15) is 25.6 Å². The molecule has 7 nitrogen and oxygen atoms in total. The second-order valence-corrected chi connectivity index (χ2v) is 5.27. The molecule has 0 bridgehead atoms. The van der Waals surface area contributed by atoms with Crippen LogP contribution in [0.15, 0.2) is 6.20 Å². The van der Waals surface area contributed by atoms with Gasteiger partial charge in [-0.25, -0.2) is 4.98 Å². The summed E-state index contributed by atoms with van der Waals surface area (Å²) in [5.41, 5.74) is -0.318. The smallest absolute Gasteiger partial charge is 0.315 e. The van der Waals surface area contributed by atoms with Crippen LogP contribution in [-0.2, 0) is 15.5 Å². The van der Waals surface area contributed by atoms with E-state index in [0.717, 1.165) is 11.3 Å². The molecule has 0 atom stereocenters. The second-order valence-electron chi connectivity index (χ2n) is 4.24. The van der Waals surface area contributed by atoms with Crippen LogP contribution in [0.5, 0.6) is 0 Å². The van der Waals surface area contributed by atoms with E-state index in [4.69, 9.17) is 15.3 Å². The summed E-state index contributed by atoms with van der Waals surface area (Å²) in [6, 6.07) is 0. The molecule has 0 aromatic carbocycles. The Kier molecular flexibility index (Phi) is 6.19. The van der Waals surface area contributed by atoms with Gasteiger partial charge in [0.05, 0.1) is 6.20 Å². The first-order valence-electron chi connectivity index (χ1n) is 5.03. The first kappa shape index (κ1) is 16.8. The van der Waals surface area contributed by atoms with Crippen molar-refractivity contribution in [3.8, 4) is 0 Å². The highest BCUT2D eigenvalue weighted by Gasteiger charge is 2.24. The average molecular weight is 278 g/mol. The second kappa shape index (κ2) is 6.64. The number of carbonyl (C=O) groups excluding carboxylic acids is 1. The molecule has 0 amide bonds. The minimum absolute atomic E-state index is 0.0122. The van der Waals surface area contributed by atoms with Gasteiger partial charge < -0.3 is 25.4 Å². The zero-order chi connectivity index (χ0) is 14.4. The number of aromatic nitrogens is 1. The number of hydrogen-bond acceptors (Lipinski definition) is 8. The predicted molar refractivity (Wildman–Crippen MR) is 66.9 cm³/mol. The third-order valence-corrected chi connectivity index (χ3v) is 2.55. The highest BCUT2D eigenvalue weighted by molar-refractivity contribution is 7.15. The Hall–Kier alpha value is -1.22. The van der Waals surface area contributed by atoms with Gasteiger partial charge in [-0.1, -0.05) is 11.3 Å².